The second kappa shape index (κ2) is 7.51. The summed E-state index contributed by atoms with van der Waals surface area (Å²) in [5, 5.41) is 15.3. The molecule has 2 atom stereocenters. The SMILES string of the molecule is O[C@@H]1C[C@@H](c2nc(-c3ccc(C(F)(F)F)cc3)no2)N(Cc2c[nH]c3ccccc23)C1. The summed E-state index contributed by atoms with van der Waals surface area (Å²) in [5.74, 6) is 0.559. The third-order valence-corrected chi connectivity index (χ3v) is 5.63. The van der Waals surface area contributed by atoms with Crippen molar-refractivity contribution >= 4 is 10.9 Å². The van der Waals surface area contributed by atoms with Gasteiger partial charge >= 0.3 is 6.18 Å². The van der Waals surface area contributed by atoms with Gasteiger partial charge in [0.25, 0.3) is 0 Å². The fourth-order valence-corrected chi connectivity index (χ4v) is 4.09. The number of β-amino-alcohol motifs (C(OH)–C–C–N with tert-alkyl or cyclic N) is 1. The Labute approximate surface area is 175 Å². The minimum atomic E-state index is -4.40. The Balaban J connectivity index is 1.38. The number of hydrogen-bond donors (Lipinski definition) is 2. The number of benzene rings is 2. The smallest absolute Gasteiger partial charge is 0.392 e. The Morgan fingerprint density at radius 1 is 1.13 bits per heavy atom. The zero-order valence-corrected chi connectivity index (χ0v) is 16.3. The van der Waals surface area contributed by atoms with Crippen LogP contribution >= 0.6 is 0 Å². The van der Waals surface area contributed by atoms with E-state index in [2.05, 4.69) is 20.0 Å². The number of nitrogens with one attached hydrogen (secondary N) is 1. The zero-order valence-electron chi connectivity index (χ0n) is 16.3. The number of rotatable bonds is 4. The van der Waals surface area contributed by atoms with Crippen molar-refractivity contribution in [1.29, 1.82) is 0 Å². The fraction of sp³-hybridized carbons (Fsp3) is 0.273. The minimum absolute atomic E-state index is 0.220. The standard InChI is InChI=1S/C22H19F3N4O2/c23-22(24,25)15-7-5-13(6-8-15)20-27-21(31-28-20)19-9-16(30)12-29(19)11-14-10-26-18-4-2-1-3-17(14)18/h1-8,10,16,19,26,30H,9,11-12H2/t16-,19+/m1/s1. The highest BCUT2D eigenvalue weighted by molar-refractivity contribution is 5.82. The normalized spacial score (nSPS) is 20.0. The lowest BCUT2D eigenvalue weighted by molar-refractivity contribution is -0.137. The van der Waals surface area contributed by atoms with Crippen LogP contribution in [0.15, 0.2) is 59.3 Å². The molecule has 0 amide bonds. The summed E-state index contributed by atoms with van der Waals surface area (Å²) in [6, 6.07) is 12.3. The van der Waals surface area contributed by atoms with Gasteiger partial charge in [0.1, 0.15) is 0 Å². The van der Waals surface area contributed by atoms with Gasteiger partial charge in [-0.3, -0.25) is 4.90 Å². The molecular formula is C22H19F3N4O2. The van der Waals surface area contributed by atoms with Gasteiger partial charge in [-0.15, -0.1) is 0 Å². The highest BCUT2D eigenvalue weighted by Crippen LogP contribution is 2.35. The Morgan fingerprint density at radius 2 is 1.90 bits per heavy atom. The van der Waals surface area contributed by atoms with Gasteiger partial charge in [-0.25, -0.2) is 0 Å². The number of likely N-dealkylation sites (tertiary alicyclic amines) is 1. The van der Waals surface area contributed by atoms with Crippen LogP contribution in [0.25, 0.3) is 22.3 Å². The van der Waals surface area contributed by atoms with Crippen LogP contribution in [0.4, 0.5) is 13.2 Å². The number of aliphatic hydroxyl groups excluding tert-OH is 1. The molecule has 5 rings (SSSR count). The second-order valence-corrected chi connectivity index (χ2v) is 7.73. The van der Waals surface area contributed by atoms with Crippen LogP contribution in [-0.2, 0) is 12.7 Å². The third kappa shape index (κ3) is 3.82. The van der Waals surface area contributed by atoms with E-state index in [0.717, 1.165) is 28.6 Å². The van der Waals surface area contributed by atoms with E-state index >= 15 is 0 Å². The number of aromatic amines is 1. The number of alkyl halides is 3. The monoisotopic (exact) mass is 428 g/mol. The summed E-state index contributed by atoms with van der Waals surface area (Å²) in [5.41, 5.74) is 1.84. The molecule has 2 aromatic heterocycles. The van der Waals surface area contributed by atoms with Gasteiger partial charge in [0.15, 0.2) is 0 Å². The van der Waals surface area contributed by atoms with Crippen molar-refractivity contribution in [1.82, 2.24) is 20.0 Å². The maximum absolute atomic E-state index is 12.8. The first-order valence-electron chi connectivity index (χ1n) is 9.87. The summed E-state index contributed by atoms with van der Waals surface area (Å²) in [7, 11) is 0. The van der Waals surface area contributed by atoms with Gasteiger partial charge in [-0.1, -0.05) is 35.5 Å². The van der Waals surface area contributed by atoms with E-state index in [0.29, 0.717) is 31.0 Å². The Kier molecular flexibility index (Phi) is 4.79. The van der Waals surface area contributed by atoms with Crippen molar-refractivity contribution in [3.05, 3.63) is 71.7 Å². The lowest BCUT2D eigenvalue weighted by Gasteiger charge is -2.20. The average molecular weight is 428 g/mol. The van der Waals surface area contributed by atoms with Crippen LogP contribution in [0, 0.1) is 0 Å². The second-order valence-electron chi connectivity index (χ2n) is 7.73. The minimum Gasteiger partial charge on any atom is -0.392 e. The number of fused-ring (bicyclic) bond motifs is 1. The van der Waals surface area contributed by atoms with E-state index in [1.54, 1.807) is 0 Å². The zero-order chi connectivity index (χ0) is 21.6. The van der Waals surface area contributed by atoms with Crippen molar-refractivity contribution in [2.45, 2.75) is 31.3 Å². The molecule has 1 aliphatic rings. The van der Waals surface area contributed by atoms with Crippen LogP contribution in [0.2, 0.25) is 0 Å². The lowest BCUT2D eigenvalue weighted by Crippen LogP contribution is -2.24. The number of nitrogens with zero attached hydrogens (tertiary/aromatic N) is 3. The van der Waals surface area contributed by atoms with Crippen molar-refractivity contribution < 1.29 is 22.8 Å². The number of halogens is 3. The molecule has 1 fully saturated rings. The summed E-state index contributed by atoms with van der Waals surface area (Å²) in [6.45, 7) is 1.05. The van der Waals surface area contributed by atoms with Gasteiger partial charge in [0.2, 0.25) is 11.7 Å². The Morgan fingerprint density at radius 3 is 2.68 bits per heavy atom. The van der Waals surface area contributed by atoms with E-state index in [-0.39, 0.29) is 11.9 Å². The molecular weight excluding hydrogens is 409 g/mol. The molecule has 0 spiro atoms. The third-order valence-electron chi connectivity index (χ3n) is 5.63. The highest BCUT2D eigenvalue weighted by Gasteiger charge is 2.36. The number of para-hydroxylation sites is 1. The fourth-order valence-electron chi connectivity index (χ4n) is 4.09. The molecule has 0 unspecified atom stereocenters. The molecule has 6 nitrogen and oxygen atoms in total. The molecule has 2 aromatic carbocycles. The predicted octanol–water partition coefficient (Wildman–Crippen LogP) is 4.54. The molecule has 4 aromatic rings. The van der Waals surface area contributed by atoms with Crippen LogP contribution in [-0.4, -0.2) is 37.8 Å². The van der Waals surface area contributed by atoms with Gasteiger partial charge in [-0.2, -0.15) is 18.2 Å². The molecule has 0 bridgehead atoms. The van der Waals surface area contributed by atoms with Crippen molar-refractivity contribution in [3.8, 4) is 11.4 Å². The van der Waals surface area contributed by atoms with Crippen LogP contribution in [0.5, 0.6) is 0 Å². The predicted molar refractivity (Wildman–Crippen MR) is 107 cm³/mol. The first kappa shape index (κ1) is 19.8. The molecule has 160 valence electrons. The summed E-state index contributed by atoms with van der Waals surface area (Å²) in [6.07, 6.45) is -2.54. The molecule has 0 saturated carbocycles. The number of H-pyrrole nitrogens is 1. The molecule has 3 heterocycles. The molecule has 1 saturated heterocycles. The van der Waals surface area contributed by atoms with Crippen molar-refractivity contribution in [2.75, 3.05) is 6.54 Å². The van der Waals surface area contributed by atoms with Crippen LogP contribution in [0.1, 0.15) is 29.5 Å². The average Bonchev–Trinajstić information content (AvgIpc) is 3.47. The largest absolute Gasteiger partial charge is 0.416 e. The van der Waals surface area contributed by atoms with Gasteiger partial charge in [0, 0.05) is 35.8 Å². The molecule has 9 heteroatoms. The van der Waals surface area contributed by atoms with Crippen molar-refractivity contribution in [2.24, 2.45) is 0 Å². The van der Waals surface area contributed by atoms with Gasteiger partial charge in [0.05, 0.1) is 17.7 Å². The maximum atomic E-state index is 12.8. The van der Waals surface area contributed by atoms with E-state index in [4.69, 9.17) is 4.52 Å². The lowest BCUT2D eigenvalue weighted by atomic mass is 10.1. The van der Waals surface area contributed by atoms with Gasteiger partial charge < -0.3 is 14.6 Å². The topological polar surface area (TPSA) is 78.2 Å². The Bertz CT molecular complexity index is 1200. The van der Waals surface area contributed by atoms with E-state index in [9.17, 15) is 18.3 Å². The quantitative estimate of drug-likeness (QED) is 0.499. The number of aromatic nitrogens is 3. The van der Waals surface area contributed by atoms with Gasteiger partial charge in [-0.05, 0) is 30.2 Å². The number of aliphatic hydroxyl groups is 1. The van der Waals surface area contributed by atoms with Crippen LogP contribution < -0.4 is 0 Å². The summed E-state index contributed by atoms with van der Waals surface area (Å²) in [4.78, 5) is 9.73. The van der Waals surface area contributed by atoms with E-state index in [1.165, 1.54) is 12.1 Å². The molecule has 2 N–H and O–H groups in total. The first-order valence-corrected chi connectivity index (χ1v) is 9.87. The Hall–Kier alpha value is -3.17. The van der Waals surface area contributed by atoms with E-state index < -0.39 is 17.8 Å². The van der Waals surface area contributed by atoms with E-state index in [1.807, 2.05) is 30.5 Å². The highest BCUT2D eigenvalue weighted by atomic mass is 19.4. The summed E-state index contributed by atoms with van der Waals surface area (Å²) >= 11 is 0. The molecule has 0 aliphatic carbocycles. The molecule has 0 radical (unpaired) electrons. The first-order chi connectivity index (χ1) is 14.9. The summed E-state index contributed by atoms with van der Waals surface area (Å²) < 4.78 is 43.8. The molecule has 31 heavy (non-hydrogen) atoms. The van der Waals surface area contributed by atoms with Crippen LogP contribution in [0.3, 0.4) is 0 Å². The molecule has 1 aliphatic heterocycles. The number of hydrogen-bond acceptors (Lipinski definition) is 5. The maximum Gasteiger partial charge on any atom is 0.416 e. The van der Waals surface area contributed by atoms with Crippen molar-refractivity contribution in [3.63, 3.8) is 0 Å².